The second-order valence-electron chi connectivity index (χ2n) is 3.22. The molecule has 1 saturated heterocycles. The van der Waals surface area contributed by atoms with Crippen LogP contribution in [0.1, 0.15) is 9.75 Å². The van der Waals surface area contributed by atoms with Gasteiger partial charge < -0.3 is 10.6 Å². The summed E-state index contributed by atoms with van der Waals surface area (Å²) in [5.74, 6) is 6.21. The Labute approximate surface area is 92.2 Å². The lowest BCUT2D eigenvalue weighted by Gasteiger charge is -1.95. The number of thiophene rings is 1. The molecule has 1 aliphatic rings. The third-order valence-electron chi connectivity index (χ3n) is 1.93. The highest BCUT2D eigenvalue weighted by Crippen LogP contribution is 2.13. The van der Waals surface area contributed by atoms with Gasteiger partial charge in [0.2, 0.25) is 0 Å². The maximum Gasteiger partial charge on any atom is 0.260 e. The summed E-state index contributed by atoms with van der Waals surface area (Å²) in [5, 5.41) is 5.42. The first-order valence-electron chi connectivity index (χ1n) is 4.49. The van der Waals surface area contributed by atoms with Gasteiger partial charge in [-0.2, -0.15) is 0 Å². The number of aryl methyl sites for hydroxylation is 1. The van der Waals surface area contributed by atoms with E-state index in [0.717, 1.165) is 4.88 Å². The van der Waals surface area contributed by atoms with Crippen molar-refractivity contribution in [2.45, 2.75) is 13.0 Å². The van der Waals surface area contributed by atoms with Gasteiger partial charge in [-0.05, 0) is 19.1 Å². The number of hydrogen-bond donors (Lipinski definition) is 2. The number of carbonyl (C=O) groups is 1. The number of hydrogen-bond acceptors (Lipinski definition) is 3. The summed E-state index contributed by atoms with van der Waals surface area (Å²) >= 11 is 1.62. The smallest absolute Gasteiger partial charge is 0.260 e. The van der Waals surface area contributed by atoms with Crippen LogP contribution in [0.15, 0.2) is 24.5 Å². The topological polar surface area (TPSA) is 41.1 Å². The molecular weight excluding hydrogens is 208 g/mol. The Balaban J connectivity index is 2.12. The quantitative estimate of drug-likeness (QED) is 0.637. The molecule has 15 heavy (non-hydrogen) atoms. The van der Waals surface area contributed by atoms with Gasteiger partial charge in [-0.25, -0.2) is 0 Å². The predicted molar refractivity (Wildman–Crippen MR) is 60.1 cm³/mol. The summed E-state index contributed by atoms with van der Waals surface area (Å²) < 4.78 is 0. The molecule has 1 amide bonds. The summed E-state index contributed by atoms with van der Waals surface area (Å²) in [6, 6.07) is 3.49. The second-order valence-corrected chi connectivity index (χ2v) is 4.51. The lowest BCUT2D eigenvalue weighted by molar-refractivity contribution is -0.119. The third-order valence-corrected chi connectivity index (χ3v) is 2.85. The minimum absolute atomic E-state index is 0.138. The summed E-state index contributed by atoms with van der Waals surface area (Å²) in [7, 11) is 0. The van der Waals surface area contributed by atoms with Crippen LogP contribution in [0.3, 0.4) is 0 Å². The van der Waals surface area contributed by atoms with Gasteiger partial charge in [-0.3, -0.25) is 4.79 Å². The number of carbonyl (C=O) groups excluding carboxylic acids is 1. The highest BCUT2D eigenvalue weighted by molar-refractivity contribution is 7.12. The van der Waals surface area contributed by atoms with Crippen LogP contribution in [0.25, 0.3) is 0 Å². The fourth-order valence-corrected chi connectivity index (χ4v) is 1.97. The van der Waals surface area contributed by atoms with E-state index in [0.29, 0.717) is 5.82 Å². The molecule has 0 spiro atoms. The van der Waals surface area contributed by atoms with Crippen LogP contribution in [-0.2, 0) is 4.79 Å². The van der Waals surface area contributed by atoms with Crippen molar-refractivity contribution >= 4 is 17.2 Å². The van der Waals surface area contributed by atoms with E-state index in [1.165, 1.54) is 4.88 Å². The first-order valence-corrected chi connectivity index (χ1v) is 5.31. The Kier molecular flexibility index (Phi) is 2.48. The average Bonchev–Trinajstić information content (AvgIpc) is 2.70. The van der Waals surface area contributed by atoms with Crippen LogP contribution in [0.5, 0.6) is 0 Å². The van der Waals surface area contributed by atoms with Crippen molar-refractivity contribution in [2.75, 3.05) is 0 Å². The molecule has 4 heteroatoms. The first-order chi connectivity index (χ1) is 7.15. The van der Waals surface area contributed by atoms with Crippen LogP contribution in [0, 0.1) is 18.8 Å². The van der Waals surface area contributed by atoms with Crippen molar-refractivity contribution in [1.29, 1.82) is 0 Å². The average molecular weight is 218 g/mol. The van der Waals surface area contributed by atoms with Crippen molar-refractivity contribution in [3.8, 4) is 11.8 Å². The van der Waals surface area contributed by atoms with Crippen molar-refractivity contribution < 1.29 is 4.79 Å². The van der Waals surface area contributed by atoms with Crippen LogP contribution in [0.4, 0.5) is 0 Å². The van der Waals surface area contributed by atoms with Crippen molar-refractivity contribution in [3.05, 3.63) is 34.3 Å². The molecule has 0 aromatic carbocycles. The Bertz CT molecular complexity index is 478. The van der Waals surface area contributed by atoms with Crippen LogP contribution in [-0.4, -0.2) is 11.9 Å². The summed E-state index contributed by atoms with van der Waals surface area (Å²) in [5.41, 5.74) is 0. The molecule has 1 atom stereocenters. The lowest BCUT2D eigenvalue weighted by Crippen LogP contribution is -2.26. The molecule has 1 fully saturated rings. The number of rotatable bonds is 0. The van der Waals surface area contributed by atoms with Gasteiger partial charge in [-0.1, -0.05) is 18.4 Å². The molecule has 76 valence electrons. The Morgan fingerprint density at radius 2 is 2.33 bits per heavy atom. The Hall–Kier alpha value is -1.73. The fourth-order valence-electron chi connectivity index (χ4n) is 1.24. The molecule has 1 aromatic heterocycles. The minimum atomic E-state index is -0.472. The fraction of sp³-hybridized carbons (Fsp3) is 0.182. The molecule has 3 nitrogen and oxygen atoms in total. The predicted octanol–water partition coefficient (Wildman–Crippen LogP) is 0.967. The molecule has 2 heterocycles. The Morgan fingerprint density at radius 1 is 1.53 bits per heavy atom. The third kappa shape index (κ3) is 2.20. The highest BCUT2D eigenvalue weighted by Gasteiger charge is 2.23. The normalized spacial score (nSPS) is 19.1. The first kappa shape index (κ1) is 9.81. The summed E-state index contributed by atoms with van der Waals surface area (Å²) in [6.07, 6.45) is 0. The van der Waals surface area contributed by atoms with E-state index in [4.69, 9.17) is 0 Å². The minimum Gasteiger partial charge on any atom is -0.351 e. The molecule has 0 radical (unpaired) electrons. The zero-order valence-corrected chi connectivity index (χ0v) is 9.07. The largest absolute Gasteiger partial charge is 0.351 e. The van der Waals surface area contributed by atoms with E-state index in [1.807, 2.05) is 19.1 Å². The van der Waals surface area contributed by atoms with E-state index in [-0.39, 0.29) is 5.91 Å². The van der Waals surface area contributed by atoms with Gasteiger partial charge in [0.25, 0.3) is 5.91 Å². The van der Waals surface area contributed by atoms with E-state index in [1.54, 1.807) is 11.3 Å². The van der Waals surface area contributed by atoms with Crippen LogP contribution >= 0.6 is 11.3 Å². The van der Waals surface area contributed by atoms with Gasteiger partial charge in [-0.15, -0.1) is 11.3 Å². The van der Waals surface area contributed by atoms with Gasteiger partial charge in [0.15, 0.2) is 6.04 Å². The van der Waals surface area contributed by atoms with Gasteiger partial charge in [0, 0.05) is 4.88 Å². The molecule has 1 unspecified atom stereocenters. The number of nitrogens with one attached hydrogen (secondary N) is 2. The number of amides is 1. The molecule has 0 aliphatic carbocycles. The van der Waals surface area contributed by atoms with Crippen LogP contribution < -0.4 is 10.6 Å². The molecule has 1 aromatic rings. The molecule has 2 rings (SSSR count). The maximum atomic E-state index is 11.3. The van der Waals surface area contributed by atoms with E-state index >= 15 is 0 Å². The van der Waals surface area contributed by atoms with Gasteiger partial charge >= 0.3 is 0 Å². The van der Waals surface area contributed by atoms with E-state index in [9.17, 15) is 4.79 Å². The molecule has 2 N–H and O–H groups in total. The van der Waals surface area contributed by atoms with Crippen molar-refractivity contribution in [2.24, 2.45) is 0 Å². The zero-order valence-electron chi connectivity index (χ0n) is 8.26. The molecule has 0 saturated carbocycles. The monoisotopic (exact) mass is 218 g/mol. The van der Waals surface area contributed by atoms with Crippen molar-refractivity contribution in [3.63, 3.8) is 0 Å². The molecule has 0 bridgehead atoms. The maximum absolute atomic E-state index is 11.3. The summed E-state index contributed by atoms with van der Waals surface area (Å²) in [6.45, 7) is 5.63. The lowest BCUT2D eigenvalue weighted by atomic mass is 10.3. The van der Waals surface area contributed by atoms with E-state index in [2.05, 4.69) is 29.1 Å². The van der Waals surface area contributed by atoms with Crippen molar-refractivity contribution in [1.82, 2.24) is 10.6 Å². The Morgan fingerprint density at radius 3 is 2.87 bits per heavy atom. The van der Waals surface area contributed by atoms with Gasteiger partial charge in [0.05, 0.1) is 10.7 Å². The standard InChI is InChI=1S/C11H10N2OS/c1-7-3-4-9(15-7)5-6-10-11(14)13-8(2)12-10/h3-4,10,12H,2H2,1H3,(H,13,14). The summed E-state index contributed by atoms with van der Waals surface area (Å²) in [4.78, 5) is 13.5. The van der Waals surface area contributed by atoms with Gasteiger partial charge in [0.1, 0.15) is 0 Å². The zero-order chi connectivity index (χ0) is 10.8. The molecule has 1 aliphatic heterocycles. The van der Waals surface area contributed by atoms with Crippen LogP contribution in [0.2, 0.25) is 0 Å². The SMILES string of the molecule is C=C1NC(=O)C(C#Cc2ccc(C)s2)N1. The highest BCUT2D eigenvalue weighted by atomic mass is 32.1. The van der Waals surface area contributed by atoms with E-state index < -0.39 is 6.04 Å². The molecular formula is C11H10N2OS. The second kappa shape index (κ2) is 3.79.